The largest absolute Gasteiger partial charge is 0.497 e. The number of fused-ring (bicyclic) bond motifs is 1. The molecule has 2 saturated heterocycles. The number of rotatable bonds is 5. The van der Waals surface area contributed by atoms with E-state index in [0.717, 1.165) is 50.6 Å². The SMILES string of the molecule is COc1cc(N2CCNCC2)c2oc(C(=O)Nc3ccc(N4CCOCC4)cc3)cc(=O)c2c1. The highest BCUT2D eigenvalue weighted by atomic mass is 16.5. The lowest BCUT2D eigenvalue weighted by Crippen LogP contribution is -2.43. The molecule has 178 valence electrons. The third-order valence-electron chi connectivity index (χ3n) is 6.20. The normalized spacial score (nSPS) is 16.5. The molecule has 3 aromatic rings. The molecule has 9 heteroatoms. The first-order valence-corrected chi connectivity index (χ1v) is 11.5. The lowest BCUT2D eigenvalue weighted by atomic mass is 10.1. The zero-order valence-corrected chi connectivity index (χ0v) is 19.1. The Morgan fingerprint density at radius 1 is 1.00 bits per heavy atom. The summed E-state index contributed by atoms with van der Waals surface area (Å²) in [6.45, 7) is 6.27. The molecule has 3 heterocycles. The summed E-state index contributed by atoms with van der Waals surface area (Å²) in [5.41, 5.74) is 2.56. The molecule has 0 aliphatic carbocycles. The Kier molecular flexibility index (Phi) is 6.37. The molecule has 0 radical (unpaired) electrons. The number of carbonyl (C=O) groups excluding carboxylic acids is 1. The first-order valence-electron chi connectivity index (χ1n) is 11.5. The topological polar surface area (TPSA) is 96.3 Å². The van der Waals surface area contributed by atoms with Crippen LogP contribution in [0.15, 0.2) is 51.7 Å². The number of anilines is 3. The quantitative estimate of drug-likeness (QED) is 0.594. The number of carbonyl (C=O) groups is 1. The Labute approximate surface area is 197 Å². The van der Waals surface area contributed by atoms with E-state index in [2.05, 4.69) is 20.4 Å². The Bertz CT molecular complexity index is 1230. The lowest BCUT2D eigenvalue weighted by molar-refractivity contribution is 0.0997. The van der Waals surface area contributed by atoms with Crippen LogP contribution in [0.2, 0.25) is 0 Å². The van der Waals surface area contributed by atoms with Crippen LogP contribution in [-0.4, -0.2) is 65.5 Å². The predicted molar refractivity (Wildman–Crippen MR) is 132 cm³/mol. The van der Waals surface area contributed by atoms with Crippen LogP contribution in [-0.2, 0) is 4.74 Å². The minimum absolute atomic E-state index is 0.0312. The van der Waals surface area contributed by atoms with Crippen molar-refractivity contribution in [2.24, 2.45) is 0 Å². The molecular formula is C25H28N4O5. The molecular weight excluding hydrogens is 436 g/mol. The van der Waals surface area contributed by atoms with Crippen LogP contribution < -0.4 is 30.6 Å². The maximum atomic E-state index is 13.0. The van der Waals surface area contributed by atoms with Crippen molar-refractivity contribution in [2.45, 2.75) is 0 Å². The maximum Gasteiger partial charge on any atom is 0.291 e. The summed E-state index contributed by atoms with van der Waals surface area (Å²) < 4.78 is 16.8. The van der Waals surface area contributed by atoms with Gasteiger partial charge in [0, 0.05) is 62.8 Å². The van der Waals surface area contributed by atoms with E-state index in [4.69, 9.17) is 13.9 Å². The van der Waals surface area contributed by atoms with Gasteiger partial charge < -0.3 is 34.3 Å². The van der Waals surface area contributed by atoms with Crippen LogP contribution in [0.25, 0.3) is 11.0 Å². The molecule has 0 spiro atoms. The predicted octanol–water partition coefficient (Wildman–Crippen LogP) is 2.30. The first-order chi connectivity index (χ1) is 16.6. The van der Waals surface area contributed by atoms with E-state index in [1.165, 1.54) is 6.07 Å². The molecule has 2 fully saturated rings. The Morgan fingerprint density at radius 2 is 1.74 bits per heavy atom. The van der Waals surface area contributed by atoms with Gasteiger partial charge in [0.1, 0.15) is 5.75 Å². The van der Waals surface area contributed by atoms with Crippen molar-refractivity contribution in [3.05, 3.63) is 58.4 Å². The summed E-state index contributed by atoms with van der Waals surface area (Å²) in [4.78, 5) is 30.3. The fraction of sp³-hybridized carbons (Fsp3) is 0.360. The van der Waals surface area contributed by atoms with Crippen LogP contribution in [0, 0.1) is 0 Å². The molecule has 9 nitrogen and oxygen atoms in total. The second-order valence-corrected chi connectivity index (χ2v) is 8.34. The highest BCUT2D eigenvalue weighted by Crippen LogP contribution is 2.32. The average molecular weight is 465 g/mol. The second-order valence-electron chi connectivity index (χ2n) is 8.34. The lowest BCUT2D eigenvalue weighted by Gasteiger charge is -2.30. The molecule has 2 N–H and O–H groups in total. The number of amides is 1. The number of nitrogens with one attached hydrogen (secondary N) is 2. The number of nitrogens with zero attached hydrogens (tertiary/aromatic N) is 2. The van der Waals surface area contributed by atoms with Crippen LogP contribution in [0.4, 0.5) is 17.1 Å². The minimum Gasteiger partial charge on any atom is -0.497 e. The van der Waals surface area contributed by atoms with Gasteiger partial charge in [-0.3, -0.25) is 9.59 Å². The summed E-state index contributed by atoms with van der Waals surface area (Å²) in [5.74, 6) is 0.0717. The molecule has 0 saturated carbocycles. The fourth-order valence-corrected chi connectivity index (χ4v) is 4.35. The number of morpholine rings is 1. The fourth-order valence-electron chi connectivity index (χ4n) is 4.35. The number of piperazine rings is 1. The molecule has 1 aromatic heterocycles. The van der Waals surface area contributed by atoms with Crippen molar-refractivity contribution in [1.29, 1.82) is 0 Å². The van der Waals surface area contributed by atoms with E-state index in [0.29, 0.717) is 35.6 Å². The summed E-state index contributed by atoms with van der Waals surface area (Å²) in [5, 5.41) is 6.54. The summed E-state index contributed by atoms with van der Waals surface area (Å²) in [6, 6.07) is 12.4. The van der Waals surface area contributed by atoms with Crippen LogP contribution >= 0.6 is 0 Å². The van der Waals surface area contributed by atoms with Gasteiger partial charge in [-0.2, -0.15) is 0 Å². The molecule has 0 atom stereocenters. The highest BCUT2D eigenvalue weighted by Gasteiger charge is 2.21. The Morgan fingerprint density at radius 3 is 2.44 bits per heavy atom. The third kappa shape index (κ3) is 4.57. The maximum absolute atomic E-state index is 13.0. The number of hydrogen-bond donors (Lipinski definition) is 2. The average Bonchev–Trinajstić information content (AvgIpc) is 2.89. The molecule has 5 rings (SSSR count). The van der Waals surface area contributed by atoms with Gasteiger partial charge in [0.05, 0.1) is 31.4 Å². The summed E-state index contributed by atoms with van der Waals surface area (Å²) >= 11 is 0. The van der Waals surface area contributed by atoms with Crippen LogP contribution in [0.1, 0.15) is 10.6 Å². The standard InChI is InChI=1S/C25H28N4O5/c1-32-19-14-20-22(30)16-23(34-24(20)21(15-19)29-8-6-26-7-9-29)25(31)27-17-2-4-18(5-3-17)28-10-12-33-13-11-28/h2-5,14-16,26H,6-13H2,1H3,(H,27,31). The highest BCUT2D eigenvalue weighted by molar-refractivity contribution is 6.03. The first kappa shape index (κ1) is 22.2. The Hall–Kier alpha value is -3.56. The van der Waals surface area contributed by atoms with Gasteiger partial charge in [-0.15, -0.1) is 0 Å². The number of ether oxygens (including phenoxy) is 2. The molecule has 2 aromatic carbocycles. The summed E-state index contributed by atoms with van der Waals surface area (Å²) in [6.07, 6.45) is 0. The molecule has 0 bridgehead atoms. The van der Waals surface area contributed by atoms with Gasteiger partial charge in [-0.05, 0) is 30.3 Å². The van der Waals surface area contributed by atoms with Crippen molar-refractivity contribution in [3.63, 3.8) is 0 Å². The second kappa shape index (κ2) is 9.74. The molecule has 1 amide bonds. The van der Waals surface area contributed by atoms with E-state index in [1.807, 2.05) is 30.3 Å². The monoisotopic (exact) mass is 464 g/mol. The summed E-state index contributed by atoms with van der Waals surface area (Å²) in [7, 11) is 1.57. The number of hydrogen-bond acceptors (Lipinski definition) is 8. The third-order valence-corrected chi connectivity index (χ3v) is 6.20. The van der Waals surface area contributed by atoms with Crippen molar-refractivity contribution in [3.8, 4) is 5.75 Å². The van der Waals surface area contributed by atoms with Gasteiger partial charge in [-0.1, -0.05) is 0 Å². The van der Waals surface area contributed by atoms with Gasteiger partial charge in [-0.25, -0.2) is 0 Å². The van der Waals surface area contributed by atoms with Gasteiger partial charge in [0.25, 0.3) is 5.91 Å². The van der Waals surface area contributed by atoms with Gasteiger partial charge >= 0.3 is 0 Å². The van der Waals surface area contributed by atoms with E-state index in [-0.39, 0.29) is 11.2 Å². The van der Waals surface area contributed by atoms with Gasteiger partial charge in [0.15, 0.2) is 16.8 Å². The van der Waals surface area contributed by atoms with E-state index >= 15 is 0 Å². The number of methoxy groups -OCH3 is 1. The van der Waals surface area contributed by atoms with E-state index < -0.39 is 5.91 Å². The molecule has 2 aliphatic rings. The van der Waals surface area contributed by atoms with Crippen molar-refractivity contribution < 1.29 is 18.7 Å². The zero-order valence-electron chi connectivity index (χ0n) is 19.1. The minimum atomic E-state index is -0.472. The molecule has 2 aliphatic heterocycles. The van der Waals surface area contributed by atoms with Crippen molar-refractivity contribution in [2.75, 3.05) is 74.7 Å². The van der Waals surface area contributed by atoms with Crippen LogP contribution in [0.5, 0.6) is 5.75 Å². The smallest absolute Gasteiger partial charge is 0.291 e. The van der Waals surface area contributed by atoms with E-state index in [1.54, 1.807) is 13.2 Å². The molecule has 34 heavy (non-hydrogen) atoms. The van der Waals surface area contributed by atoms with Crippen molar-refractivity contribution in [1.82, 2.24) is 5.32 Å². The number of benzene rings is 2. The van der Waals surface area contributed by atoms with Crippen molar-refractivity contribution >= 4 is 33.9 Å². The van der Waals surface area contributed by atoms with Crippen LogP contribution in [0.3, 0.4) is 0 Å². The van der Waals surface area contributed by atoms with E-state index in [9.17, 15) is 9.59 Å². The molecule has 0 unspecified atom stereocenters. The van der Waals surface area contributed by atoms with Gasteiger partial charge in [0.2, 0.25) is 0 Å². The Balaban J connectivity index is 1.42. The zero-order chi connectivity index (χ0) is 23.5.